The minimum atomic E-state index is 0.138. The van der Waals surface area contributed by atoms with Crippen LogP contribution in [0.1, 0.15) is 16.1 Å². The summed E-state index contributed by atoms with van der Waals surface area (Å²) < 4.78 is 1.85. The van der Waals surface area contributed by atoms with Crippen molar-refractivity contribution in [1.82, 2.24) is 14.5 Å². The van der Waals surface area contributed by atoms with E-state index in [0.29, 0.717) is 6.54 Å². The summed E-state index contributed by atoms with van der Waals surface area (Å²) in [5, 5.41) is 0. The van der Waals surface area contributed by atoms with Crippen molar-refractivity contribution in [1.29, 1.82) is 0 Å². The number of Topliss-reactive ketones (excluding diaryl/α,β-unsaturated/α-hetero) is 1. The Morgan fingerprint density at radius 1 is 1.33 bits per heavy atom. The molecule has 0 spiro atoms. The first-order chi connectivity index (χ1) is 8.66. The number of aromatic nitrogens is 2. The summed E-state index contributed by atoms with van der Waals surface area (Å²) in [6, 6.07) is 7.66. The van der Waals surface area contributed by atoms with Crippen LogP contribution in [0, 0.1) is 0 Å². The highest BCUT2D eigenvalue weighted by atomic mass is 16.1. The van der Waals surface area contributed by atoms with Gasteiger partial charge in [-0.15, -0.1) is 0 Å². The smallest absolute Gasteiger partial charge is 0.193 e. The van der Waals surface area contributed by atoms with Gasteiger partial charge in [0.1, 0.15) is 0 Å². The molecule has 0 aliphatic rings. The average Bonchev–Trinajstić information content (AvgIpc) is 2.76. The molecule has 2 heterocycles. The number of nitrogens with zero attached hydrogens (tertiary/aromatic N) is 3. The zero-order valence-corrected chi connectivity index (χ0v) is 10.7. The quantitative estimate of drug-likeness (QED) is 0.751. The minimum Gasteiger partial charge on any atom is -0.348 e. The maximum Gasteiger partial charge on any atom is 0.193 e. The Morgan fingerprint density at radius 2 is 2.06 bits per heavy atom. The minimum absolute atomic E-state index is 0.138. The van der Waals surface area contributed by atoms with Crippen LogP contribution in [0.3, 0.4) is 0 Å². The largest absolute Gasteiger partial charge is 0.348 e. The van der Waals surface area contributed by atoms with Crippen LogP contribution in [0.4, 0.5) is 0 Å². The van der Waals surface area contributed by atoms with Gasteiger partial charge >= 0.3 is 0 Å². The molecule has 0 aliphatic heterocycles. The number of rotatable bonds is 5. The van der Waals surface area contributed by atoms with Crippen LogP contribution in [0.25, 0.3) is 0 Å². The molecule has 2 aromatic heterocycles. The Balaban J connectivity index is 1.94. The molecule has 18 heavy (non-hydrogen) atoms. The Morgan fingerprint density at radius 3 is 2.67 bits per heavy atom. The van der Waals surface area contributed by atoms with Gasteiger partial charge in [0.05, 0.1) is 12.2 Å². The number of carbonyl (C=O) groups excluding carboxylic acids is 1. The average molecular weight is 243 g/mol. The molecule has 4 nitrogen and oxygen atoms in total. The van der Waals surface area contributed by atoms with Crippen LogP contribution in [-0.4, -0.2) is 33.8 Å². The molecular weight excluding hydrogens is 226 g/mol. The Hall–Kier alpha value is -1.94. The van der Waals surface area contributed by atoms with E-state index in [1.165, 1.54) is 0 Å². The van der Waals surface area contributed by atoms with Gasteiger partial charge in [-0.05, 0) is 36.9 Å². The fourth-order valence-electron chi connectivity index (χ4n) is 1.93. The molecule has 0 radical (unpaired) electrons. The van der Waals surface area contributed by atoms with Crippen LogP contribution in [0.5, 0.6) is 0 Å². The van der Waals surface area contributed by atoms with Crippen molar-refractivity contribution in [2.45, 2.75) is 6.54 Å². The SMILES string of the molecule is CN(CC(=O)c1cccn1C)Cc1ccncc1. The normalized spacial score (nSPS) is 10.8. The highest BCUT2D eigenvalue weighted by Crippen LogP contribution is 2.05. The lowest BCUT2D eigenvalue weighted by Crippen LogP contribution is -2.26. The maximum absolute atomic E-state index is 12.1. The van der Waals surface area contributed by atoms with E-state index in [-0.39, 0.29) is 5.78 Å². The molecule has 0 aromatic carbocycles. The molecule has 0 saturated carbocycles. The fraction of sp³-hybridized carbons (Fsp3) is 0.286. The van der Waals surface area contributed by atoms with Gasteiger partial charge in [0.15, 0.2) is 5.78 Å². The van der Waals surface area contributed by atoms with E-state index in [1.54, 1.807) is 12.4 Å². The van der Waals surface area contributed by atoms with Crippen molar-refractivity contribution in [3.63, 3.8) is 0 Å². The van der Waals surface area contributed by atoms with Crippen molar-refractivity contribution in [2.75, 3.05) is 13.6 Å². The van der Waals surface area contributed by atoms with Crippen molar-refractivity contribution in [3.05, 3.63) is 54.1 Å². The van der Waals surface area contributed by atoms with Crippen molar-refractivity contribution < 1.29 is 4.79 Å². The summed E-state index contributed by atoms with van der Waals surface area (Å²) in [6.45, 7) is 1.17. The first-order valence-electron chi connectivity index (χ1n) is 5.89. The van der Waals surface area contributed by atoms with Gasteiger partial charge in [-0.2, -0.15) is 0 Å². The second-order valence-corrected chi connectivity index (χ2v) is 4.46. The first-order valence-corrected chi connectivity index (χ1v) is 5.89. The van der Waals surface area contributed by atoms with Crippen LogP contribution in [0.2, 0.25) is 0 Å². The molecule has 0 amide bonds. The summed E-state index contributed by atoms with van der Waals surface area (Å²) in [7, 11) is 3.83. The fourth-order valence-corrected chi connectivity index (χ4v) is 1.93. The third kappa shape index (κ3) is 3.05. The molecule has 0 saturated heterocycles. The lowest BCUT2D eigenvalue weighted by Gasteiger charge is -2.15. The molecule has 4 heteroatoms. The third-order valence-corrected chi connectivity index (χ3v) is 2.84. The van der Waals surface area contributed by atoms with E-state index >= 15 is 0 Å². The van der Waals surface area contributed by atoms with Gasteiger partial charge in [0, 0.05) is 32.2 Å². The molecule has 0 aliphatic carbocycles. The highest BCUT2D eigenvalue weighted by Gasteiger charge is 2.11. The molecule has 0 fully saturated rings. The van der Waals surface area contributed by atoms with Crippen LogP contribution in [-0.2, 0) is 13.6 Å². The molecule has 0 N–H and O–H groups in total. The van der Waals surface area contributed by atoms with Gasteiger partial charge in [-0.25, -0.2) is 0 Å². The molecule has 0 unspecified atom stereocenters. The first kappa shape index (κ1) is 12.5. The Bertz CT molecular complexity index is 519. The van der Waals surface area contributed by atoms with Crippen LogP contribution >= 0.6 is 0 Å². The standard InChI is InChI=1S/C14H17N3O/c1-16(10-12-5-7-15-8-6-12)11-14(18)13-4-3-9-17(13)2/h3-9H,10-11H2,1-2H3. The molecule has 94 valence electrons. The van der Waals surface area contributed by atoms with Gasteiger partial charge in [-0.1, -0.05) is 0 Å². The van der Waals surface area contributed by atoms with Gasteiger partial charge in [0.25, 0.3) is 0 Å². The van der Waals surface area contributed by atoms with E-state index < -0.39 is 0 Å². The zero-order valence-electron chi connectivity index (χ0n) is 10.7. The zero-order chi connectivity index (χ0) is 13.0. The summed E-state index contributed by atoms with van der Waals surface area (Å²) in [6.07, 6.45) is 5.42. The van der Waals surface area contributed by atoms with Crippen molar-refractivity contribution in [3.8, 4) is 0 Å². The second-order valence-electron chi connectivity index (χ2n) is 4.46. The maximum atomic E-state index is 12.1. The van der Waals surface area contributed by atoms with Crippen LogP contribution < -0.4 is 0 Å². The van der Waals surface area contributed by atoms with Gasteiger partial charge < -0.3 is 4.57 Å². The number of hydrogen-bond donors (Lipinski definition) is 0. The number of carbonyl (C=O) groups is 1. The third-order valence-electron chi connectivity index (χ3n) is 2.84. The monoisotopic (exact) mass is 243 g/mol. The van der Waals surface area contributed by atoms with E-state index in [9.17, 15) is 4.79 Å². The molecular formula is C14H17N3O. The second kappa shape index (κ2) is 5.60. The number of aryl methyl sites for hydroxylation is 1. The summed E-state index contributed by atoms with van der Waals surface area (Å²) in [5.41, 5.74) is 1.91. The summed E-state index contributed by atoms with van der Waals surface area (Å²) >= 11 is 0. The number of hydrogen-bond acceptors (Lipinski definition) is 3. The van der Waals surface area contributed by atoms with E-state index in [0.717, 1.165) is 17.8 Å². The highest BCUT2D eigenvalue weighted by molar-refractivity contribution is 5.96. The van der Waals surface area contributed by atoms with Crippen molar-refractivity contribution >= 4 is 5.78 Å². The van der Waals surface area contributed by atoms with Gasteiger partial charge in [-0.3, -0.25) is 14.7 Å². The van der Waals surface area contributed by atoms with E-state index in [4.69, 9.17) is 0 Å². The Labute approximate surface area is 107 Å². The molecule has 0 atom stereocenters. The molecule has 2 rings (SSSR count). The molecule has 2 aromatic rings. The summed E-state index contributed by atoms with van der Waals surface area (Å²) in [4.78, 5) is 18.0. The topological polar surface area (TPSA) is 38.1 Å². The van der Waals surface area contributed by atoms with E-state index in [2.05, 4.69) is 4.98 Å². The lowest BCUT2D eigenvalue weighted by atomic mass is 10.2. The van der Waals surface area contributed by atoms with E-state index in [1.807, 2.05) is 54.0 Å². The van der Waals surface area contributed by atoms with Gasteiger partial charge in [0.2, 0.25) is 0 Å². The molecule has 0 bridgehead atoms. The number of pyridine rings is 1. The predicted octanol–water partition coefficient (Wildman–Crippen LogP) is 1.73. The lowest BCUT2D eigenvalue weighted by molar-refractivity contribution is 0.0935. The van der Waals surface area contributed by atoms with Crippen LogP contribution in [0.15, 0.2) is 42.9 Å². The number of ketones is 1. The summed E-state index contributed by atoms with van der Waals surface area (Å²) in [5.74, 6) is 0.138. The van der Waals surface area contributed by atoms with Crippen molar-refractivity contribution in [2.24, 2.45) is 7.05 Å². The Kier molecular flexibility index (Phi) is 3.89. The predicted molar refractivity (Wildman–Crippen MR) is 70.3 cm³/mol. The number of likely N-dealkylation sites (N-methyl/N-ethyl adjacent to an activating group) is 1.